The van der Waals surface area contributed by atoms with E-state index in [1.165, 1.54) is 11.1 Å². The highest BCUT2D eigenvalue weighted by molar-refractivity contribution is 8.23. The van der Waals surface area contributed by atoms with Gasteiger partial charge in [-0.05, 0) is 25.0 Å². The molecule has 2 nitrogen and oxygen atoms in total. The second-order valence-corrected chi connectivity index (χ2v) is 3.53. The fourth-order valence-electron chi connectivity index (χ4n) is 0.663. The molecule has 0 fully saturated rings. The molecule has 0 saturated heterocycles. The molecular formula is C9H15NOS2. The van der Waals surface area contributed by atoms with Gasteiger partial charge in [0.1, 0.15) is 0 Å². The van der Waals surface area contributed by atoms with Crippen LogP contribution in [0.3, 0.4) is 0 Å². The monoisotopic (exact) mass is 217 g/mol. The second kappa shape index (κ2) is 8.16. The van der Waals surface area contributed by atoms with Gasteiger partial charge in [-0.3, -0.25) is 4.79 Å². The standard InChI is InChI=1S/C8H10.CH2OS2.H3N/c1-7-5-3-4-6-8(7)2;2-1(3)4;/h3-6H,1-2H3;(H2,2,3,4);1H3. The van der Waals surface area contributed by atoms with Gasteiger partial charge < -0.3 is 6.15 Å². The Morgan fingerprint density at radius 1 is 1.08 bits per heavy atom. The maximum Gasteiger partial charge on any atom is 0.239 e. The number of benzene rings is 1. The van der Waals surface area contributed by atoms with Crippen molar-refractivity contribution in [3.63, 3.8) is 0 Å². The highest BCUT2D eigenvalue weighted by atomic mass is 32.2. The van der Waals surface area contributed by atoms with Gasteiger partial charge in [-0.2, -0.15) is 0 Å². The van der Waals surface area contributed by atoms with Crippen molar-refractivity contribution in [1.82, 2.24) is 6.15 Å². The van der Waals surface area contributed by atoms with Crippen LogP contribution in [0.15, 0.2) is 24.3 Å². The van der Waals surface area contributed by atoms with E-state index >= 15 is 0 Å². The maximum atomic E-state index is 9.17. The summed E-state index contributed by atoms with van der Waals surface area (Å²) in [6.45, 7) is 4.24. The zero-order valence-electron chi connectivity index (χ0n) is 7.82. The summed E-state index contributed by atoms with van der Waals surface area (Å²) in [5, 5.41) is 0. The molecule has 74 valence electrons. The van der Waals surface area contributed by atoms with Crippen LogP contribution in [0, 0.1) is 13.8 Å². The van der Waals surface area contributed by atoms with Crippen LogP contribution >= 0.6 is 25.3 Å². The molecule has 1 aromatic carbocycles. The van der Waals surface area contributed by atoms with Gasteiger partial charge >= 0.3 is 0 Å². The van der Waals surface area contributed by atoms with Crippen molar-refractivity contribution in [2.45, 2.75) is 13.8 Å². The van der Waals surface area contributed by atoms with E-state index in [1.807, 2.05) is 0 Å². The largest absolute Gasteiger partial charge is 0.344 e. The van der Waals surface area contributed by atoms with Crippen molar-refractivity contribution in [3.05, 3.63) is 35.4 Å². The van der Waals surface area contributed by atoms with Crippen LogP contribution in [0.25, 0.3) is 0 Å². The molecule has 1 aromatic rings. The van der Waals surface area contributed by atoms with Gasteiger partial charge in [0.15, 0.2) is 0 Å². The molecule has 0 aliphatic rings. The van der Waals surface area contributed by atoms with E-state index < -0.39 is 4.45 Å². The van der Waals surface area contributed by atoms with E-state index in [4.69, 9.17) is 0 Å². The number of rotatable bonds is 0. The topological polar surface area (TPSA) is 52.1 Å². The van der Waals surface area contributed by atoms with Crippen LogP contribution < -0.4 is 6.15 Å². The summed E-state index contributed by atoms with van der Waals surface area (Å²) in [6.07, 6.45) is 0. The SMILES string of the molecule is Cc1ccccc1C.N.O=C(S)S. The molecule has 0 atom stereocenters. The smallest absolute Gasteiger partial charge is 0.239 e. The molecule has 0 aromatic heterocycles. The molecule has 0 unspecified atom stereocenters. The van der Waals surface area contributed by atoms with E-state index in [0.29, 0.717) is 0 Å². The Hall–Kier alpha value is -0.450. The first-order chi connectivity index (χ1) is 5.54. The Labute approximate surface area is 90.1 Å². The highest BCUT2D eigenvalue weighted by Gasteiger charge is 1.83. The van der Waals surface area contributed by atoms with Crippen molar-refractivity contribution < 1.29 is 4.79 Å². The van der Waals surface area contributed by atoms with E-state index in [0.717, 1.165) is 0 Å². The van der Waals surface area contributed by atoms with Crippen LogP contribution in [-0.2, 0) is 0 Å². The Kier molecular flexibility index (Phi) is 9.44. The van der Waals surface area contributed by atoms with Crippen LogP contribution in [0.2, 0.25) is 0 Å². The first kappa shape index (κ1) is 15.0. The fourth-order valence-corrected chi connectivity index (χ4v) is 0.663. The van der Waals surface area contributed by atoms with Gasteiger partial charge in [-0.15, -0.1) is 0 Å². The summed E-state index contributed by atoms with van der Waals surface area (Å²) in [7, 11) is 0. The maximum absolute atomic E-state index is 9.17. The average molecular weight is 217 g/mol. The number of aryl methyl sites for hydroxylation is 2. The Bertz CT molecular complexity index is 239. The molecule has 0 heterocycles. The van der Waals surface area contributed by atoms with E-state index in [9.17, 15) is 4.79 Å². The minimum atomic E-state index is -0.444. The summed E-state index contributed by atoms with van der Waals surface area (Å²) in [5.41, 5.74) is 2.74. The molecule has 0 spiro atoms. The molecule has 1 rings (SSSR count). The van der Waals surface area contributed by atoms with E-state index in [-0.39, 0.29) is 6.15 Å². The van der Waals surface area contributed by atoms with E-state index in [2.05, 4.69) is 63.4 Å². The first-order valence-corrected chi connectivity index (χ1v) is 4.37. The van der Waals surface area contributed by atoms with E-state index in [1.54, 1.807) is 0 Å². The average Bonchev–Trinajstić information content (AvgIpc) is 1.94. The van der Waals surface area contributed by atoms with Crippen LogP contribution in [-0.4, -0.2) is 4.45 Å². The fraction of sp³-hybridized carbons (Fsp3) is 0.222. The molecule has 0 amide bonds. The molecule has 4 heteroatoms. The molecular weight excluding hydrogens is 202 g/mol. The number of carbonyl (C=O) groups is 1. The summed E-state index contributed by atoms with van der Waals surface area (Å²) in [4.78, 5) is 9.17. The normalized spacial score (nSPS) is 7.69. The van der Waals surface area contributed by atoms with Crippen molar-refractivity contribution in [3.8, 4) is 0 Å². The predicted molar refractivity (Wildman–Crippen MR) is 64.3 cm³/mol. The lowest BCUT2D eigenvalue weighted by molar-refractivity contribution is 0.277. The van der Waals surface area contributed by atoms with Crippen molar-refractivity contribution in [2.75, 3.05) is 0 Å². The van der Waals surface area contributed by atoms with Crippen molar-refractivity contribution in [2.24, 2.45) is 0 Å². The van der Waals surface area contributed by atoms with Crippen molar-refractivity contribution >= 4 is 29.7 Å². The highest BCUT2D eigenvalue weighted by Crippen LogP contribution is 2.02. The molecule has 0 radical (unpaired) electrons. The van der Waals surface area contributed by atoms with Crippen LogP contribution in [0.1, 0.15) is 11.1 Å². The van der Waals surface area contributed by atoms with Gasteiger partial charge in [-0.25, -0.2) is 0 Å². The number of hydrogen-bond donors (Lipinski definition) is 3. The van der Waals surface area contributed by atoms with Crippen molar-refractivity contribution in [1.29, 1.82) is 0 Å². The minimum Gasteiger partial charge on any atom is -0.344 e. The quantitative estimate of drug-likeness (QED) is 0.583. The Morgan fingerprint density at radius 3 is 1.46 bits per heavy atom. The third kappa shape index (κ3) is 9.46. The molecule has 0 aliphatic carbocycles. The minimum absolute atomic E-state index is 0. The summed E-state index contributed by atoms with van der Waals surface area (Å²) < 4.78 is -0.444. The molecule has 0 bridgehead atoms. The van der Waals surface area contributed by atoms with Gasteiger partial charge in [0.05, 0.1) is 0 Å². The molecule has 0 aliphatic heterocycles. The zero-order valence-corrected chi connectivity index (χ0v) is 9.61. The molecule has 13 heavy (non-hydrogen) atoms. The lowest BCUT2D eigenvalue weighted by Crippen LogP contribution is -1.74. The predicted octanol–water partition coefficient (Wildman–Crippen LogP) is 3.43. The number of carbonyl (C=O) groups excluding carboxylic acids is 1. The first-order valence-electron chi connectivity index (χ1n) is 3.48. The number of hydrogen-bond acceptors (Lipinski definition) is 2. The molecule has 0 saturated carbocycles. The summed E-state index contributed by atoms with van der Waals surface area (Å²) in [5.74, 6) is 0. The third-order valence-electron chi connectivity index (χ3n) is 1.43. The molecule has 3 N–H and O–H groups in total. The van der Waals surface area contributed by atoms with Crippen LogP contribution in [0.4, 0.5) is 4.79 Å². The van der Waals surface area contributed by atoms with Gasteiger partial charge in [0, 0.05) is 0 Å². The van der Waals surface area contributed by atoms with Gasteiger partial charge in [0.25, 0.3) is 0 Å². The number of thiol groups is 2. The zero-order chi connectivity index (χ0) is 9.56. The Morgan fingerprint density at radius 2 is 1.31 bits per heavy atom. The summed E-state index contributed by atoms with van der Waals surface area (Å²) in [6, 6.07) is 8.36. The van der Waals surface area contributed by atoms with Gasteiger partial charge in [-0.1, -0.05) is 49.5 Å². The third-order valence-corrected chi connectivity index (χ3v) is 1.43. The van der Waals surface area contributed by atoms with Gasteiger partial charge in [0.2, 0.25) is 4.45 Å². The second-order valence-electron chi connectivity index (χ2n) is 2.37. The Balaban J connectivity index is 0. The van der Waals surface area contributed by atoms with Crippen LogP contribution in [0.5, 0.6) is 0 Å². The lowest BCUT2D eigenvalue weighted by Gasteiger charge is -1.93. The summed E-state index contributed by atoms with van der Waals surface area (Å²) >= 11 is 6.38. The lowest BCUT2D eigenvalue weighted by atomic mass is 10.1.